The van der Waals surface area contributed by atoms with E-state index in [-0.39, 0.29) is 0 Å². The molecule has 0 bridgehead atoms. The molecule has 14 heavy (non-hydrogen) atoms. The molecule has 0 radical (unpaired) electrons. The second kappa shape index (κ2) is 3.92. The Kier molecular flexibility index (Phi) is 2.80. The molecule has 0 aromatic carbocycles. The summed E-state index contributed by atoms with van der Waals surface area (Å²) in [4.78, 5) is 2.36. The molecular formula is C12H22N2. The Bertz CT molecular complexity index is 224. The lowest BCUT2D eigenvalue weighted by Crippen LogP contribution is -2.40. The third kappa shape index (κ3) is 1.79. The smallest absolute Gasteiger partial charge is 0.0960 e. The van der Waals surface area contributed by atoms with Gasteiger partial charge in [-0.2, -0.15) is 0 Å². The lowest BCUT2D eigenvalue weighted by molar-refractivity contribution is 0.170. The van der Waals surface area contributed by atoms with E-state index in [2.05, 4.69) is 18.7 Å². The molecule has 1 saturated heterocycles. The summed E-state index contributed by atoms with van der Waals surface area (Å²) < 4.78 is 0. The van der Waals surface area contributed by atoms with Gasteiger partial charge in [-0.25, -0.2) is 0 Å². The van der Waals surface area contributed by atoms with E-state index in [0.717, 1.165) is 30.6 Å². The van der Waals surface area contributed by atoms with Crippen molar-refractivity contribution in [2.24, 2.45) is 11.8 Å². The minimum Gasteiger partial charge on any atom is -0.358 e. The first-order chi connectivity index (χ1) is 6.68. The van der Waals surface area contributed by atoms with Crippen LogP contribution < -0.4 is 0 Å². The molecule has 0 aromatic rings. The third-order valence-electron chi connectivity index (χ3n) is 4.17. The maximum absolute atomic E-state index is 7.88. The predicted molar refractivity (Wildman–Crippen MR) is 59.6 cm³/mol. The molecule has 2 fully saturated rings. The SMILES string of the molecule is CC1CCC(N2CCCC2=N)CC1C. The Morgan fingerprint density at radius 1 is 1.21 bits per heavy atom. The van der Waals surface area contributed by atoms with Crippen molar-refractivity contribution >= 4 is 5.84 Å². The normalized spacial score (nSPS) is 39.1. The molecule has 1 aliphatic heterocycles. The van der Waals surface area contributed by atoms with Gasteiger partial charge < -0.3 is 4.90 Å². The van der Waals surface area contributed by atoms with E-state index in [4.69, 9.17) is 5.41 Å². The predicted octanol–water partition coefficient (Wildman–Crippen LogP) is 2.88. The molecule has 80 valence electrons. The summed E-state index contributed by atoms with van der Waals surface area (Å²) in [5, 5.41) is 7.88. The highest BCUT2D eigenvalue weighted by Crippen LogP contribution is 2.33. The molecule has 2 heteroatoms. The summed E-state index contributed by atoms with van der Waals surface area (Å²) in [6, 6.07) is 0.691. The Morgan fingerprint density at radius 2 is 2.00 bits per heavy atom. The van der Waals surface area contributed by atoms with Gasteiger partial charge in [-0.3, -0.25) is 5.41 Å². The highest BCUT2D eigenvalue weighted by atomic mass is 15.2. The number of rotatable bonds is 1. The molecule has 0 spiro atoms. The molecule has 2 nitrogen and oxygen atoms in total. The van der Waals surface area contributed by atoms with Crippen molar-refractivity contribution in [2.75, 3.05) is 6.54 Å². The molecule has 0 aromatic heterocycles. The Labute approximate surface area is 87.2 Å². The Morgan fingerprint density at radius 3 is 2.57 bits per heavy atom. The van der Waals surface area contributed by atoms with Crippen molar-refractivity contribution in [2.45, 2.75) is 52.0 Å². The summed E-state index contributed by atoms with van der Waals surface area (Å²) in [6.07, 6.45) is 6.20. The minimum absolute atomic E-state index is 0.691. The molecule has 2 aliphatic rings. The van der Waals surface area contributed by atoms with Gasteiger partial charge in [0, 0.05) is 19.0 Å². The maximum Gasteiger partial charge on any atom is 0.0960 e. The van der Waals surface area contributed by atoms with Crippen LogP contribution >= 0.6 is 0 Å². The first kappa shape index (κ1) is 10.0. The van der Waals surface area contributed by atoms with Crippen LogP contribution in [0.1, 0.15) is 46.0 Å². The first-order valence-electron chi connectivity index (χ1n) is 6.02. The number of amidine groups is 1. The minimum atomic E-state index is 0.691. The zero-order chi connectivity index (χ0) is 10.1. The van der Waals surface area contributed by atoms with Crippen molar-refractivity contribution < 1.29 is 0 Å². The van der Waals surface area contributed by atoms with Gasteiger partial charge in [-0.1, -0.05) is 13.8 Å². The molecule has 2 rings (SSSR count). The summed E-state index contributed by atoms with van der Waals surface area (Å²) in [6.45, 7) is 5.89. The van der Waals surface area contributed by atoms with Crippen LogP contribution in [0.2, 0.25) is 0 Å². The van der Waals surface area contributed by atoms with Crippen LogP contribution in [0.3, 0.4) is 0 Å². The van der Waals surface area contributed by atoms with E-state index in [1.165, 1.54) is 25.7 Å². The topological polar surface area (TPSA) is 27.1 Å². The summed E-state index contributed by atoms with van der Waals surface area (Å²) >= 11 is 0. The van der Waals surface area contributed by atoms with Gasteiger partial charge in [0.05, 0.1) is 5.84 Å². The monoisotopic (exact) mass is 194 g/mol. The van der Waals surface area contributed by atoms with Gasteiger partial charge in [0.25, 0.3) is 0 Å². The number of likely N-dealkylation sites (tertiary alicyclic amines) is 1. The van der Waals surface area contributed by atoms with Crippen LogP contribution in [0.4, 0.5) is 0 Å². The zero-order valence-electron chi connectivity index (χ0n) is 9.42. The van der Waals surface area contributed by atoms with E-state index < -0.39 is 0 Å². The van der Waals surface area contributed by atoms with E-state index in [1.807, 2.05) is 0 Å². The molecule has 3 atom stereocenters. The van der Waals surface area contributed by atoms with Crippen molar-refractivity contribution in [1.29, 1.82) is 5.41 Å². The second-order valence-electron chi connectivity index (χ2n) is 5.17. The van der Waals surface area contributed by atoms with Crippen molar-refractivity contribution in [3.8, 4) is 0 Å². The lowest BCUT2D eigenvalue weighted by Gasteiger charge is -2.38. The van der Waals surface area contributed by atoms with E-state index >= 15 is 0 Å². The fourth-order valence-electron chi connectivity index (χ4n) is 2.90. The van der Waals surface area contributed by atoms with Gasteiger partial charge in [0.15, 0.2) is 0 Å². The number of nitrogens with one attached hydrogen (secondary N) is 1. The maximum atomic E-state index is 7.88. The van der Waals surface area contributed by atoms with Gasteiger partial charge in [-0.05, 0) is 37.5 Å². The summed E-state index contributed by atoms with van der Waals surface area (Å²) in [5.41, 5.74) is 0. The Hall–Kier alpha value is -0.530. The third-order valence-corrected chi connectivity index (χ3v) is 4.17. The average Bonchev–Trinajstić information content (AvgIpc) is 2.57. The average molecular weight is 194 g/mol. The van der Waals surface area contributed by atoms with Crippen molar-refractivity contribution in [1.82, 2.24) is 4.90 Å². The number of nitrogens with zero attached hydrogens (tertiary/aromatic N) is 1. The molecule has 1 aliphatic carbocycles. The van der Waals surface area contributed by atoms with Gasteiger partial charge in [0.1, 0.15) is 0 Å². The zero-order valence-corrected chi connectivity index (χ0v) is 9.42. The molecule has 3 unspecified atom stereocenters. The fourth-order valence-corrected chi connectivity index (χ4v) is 2.90. The Balaban J connectivity index is 1.95. The van der Waals surface area contributed by atoms with Crippen LogP contribution in [0, 0.1) is 17.2 Å². The first-order valence-corrected chi connectivity index (χ1v) is 6.02. The number of hydrogen-bond acceptors (Lipinski definition) is 1. The van der Waals surface area contributed by atoms with Crippen LogP contribution in [-0.4, -0.2) is 23.3 Å². The quantitative estimate of drug-likeness (QED) is 0.682. The van der Waals surface area contributed by atoms with E-state index in [1.54, 1.807) is 0 Å². The molecular weight excluding hydrogens is 172 g/mol. The van der Waals surface area contributed by atoms with Gasteiger partial charge in [-0.15, -0.1) is 0 Å². The van der Waals surface area contributed by atoms with Crippen LogP contribution in [-0.2, 0) is 0 Å². The fraction of sp³-hybridized carbons (Fsp3) is 0.917. The summed E-state index contributed by atoms with van der Waals surface area (Å²) in [5.74, 6) is 2.64. The van der Waals surface area contributed by atoms with Gasteiger partial charge >= 0.3 is 0 Å². The largest absolute Gasteiger partial charge is 0.358 e. The van der Waals surface area contributed by atoms with Gasteiger partial charge in [0.2, 0.25) is 0 Å². The second-order valence-corrected chi connectivity index (χ2v) is 5.17. The van der Waals surface area contributed by atoms with E-state index in [0.29, 0.717) is 6.04 Å². The van der Waals surface area contributed by atoms with Crippen LogP contribution in [0.5, 0.6) is 0 Å². The highest BCUT2D eigenvalue weighted by Gasteiger charge is 2.31. The lowest BCUT2D eigenvalue weighted by atomic mass is 9.78. The standard InChI is InChI=1S/C12H22N2/c1-9-5-6-11(8-10(9)2)14-7-3-4-12(14)13/h9-11,13H,3-8H2,1-2H3. The highest BCUT2D eigenvalue weighted by molar-refractivity contribution is 5.81. The number of hydrogen-bond donors (Lipinski definition) is 1. The van der Waals surface area contributed by atoms with Crippen LogP contribution in [0.15, 0.2) is 0 Å². The van der Waals surface area contributed by atoms with E-state index in [9.17, 15) is 0 Å². The molecule has 1 saturated carbocycles. The molecule has 1 N–H and O–H groups in total. The van der Waals surface area contributed by atoms with Crippen molar-refractivity contribution in [3.63, 3.8) is 0 Å². The molecule has 0 amide bonds. The van der Waals surface area contributed by atoms with Crippen molar-refractivity contribution in [3.05, 3.63) is 0 Å². The summed E-state index contributed by atoms with van der Waals surface area (Å²) in [7, 11) is 0. The molecule has 1 heterocycles. The van der Waals surface area contributed by atoms with Crippen LogP contribution in [0.25, 0.3) is 0 Å².